The van der Waals surface area contributed by atoms with Gasteiger partial charge in [0.2, 0.25) is 0 Å². The fraction of sp³-hybridized carbons (Fsp3) is 0.412. The summed E-state index contributed by atoms with van der Waals surface area (Å²) in [4.78, 5) is 17.1. The third-order valence-corrected chi connectivity index (χ3v) is 4.65. The summed E-state index contributed by atoms with van der Waals surface area (Å²) in [6.45, 7) is 4.62. The number of aromatic nitrogens is 5. The Hall–Kier alpha value is -2.70. The van der Waals surface area contributed by atoms with E-state index < -0.39 is 0 Å². The summed E-state index contributed by atoms with van der Waals surface area (Å²) in [5, 5.41) is 12.4. The molecular weight excluding hydrogens is 304 g/mol. The lowest BCUT2D eigenvalue weighted by Gasteiger charge is -2.25. The Morgan fingerprint density at radius 3 is 2.88 bits per heavy atom. The Bertz CT molecular complexity index is 905. The van der Waals surface area contributed by atoms with Crippen LogP contribution in [-0.2, 0) is 6.54 Å². The molecule has 7 nitrogen and oxygen atoms in total. The smallest absolute Gasteiger partial charge is 0.257 e. The van der Waals surface area contributed by atoms with Crippen LogP contribution < -0.4 is 5.32 Å². The molecule has 1 N–H and O–H groups in total. The molecule has 124 valence electrons. The van der Waals surface area contributed by atoms with Gasteiger partial charge in [0, 0.05) is 18.1 Å². The highest BCUT2D eigenvalue weighted by atomic mass is 16.1. The van der Waals surface area contributed by atoms with Crippen molar-refractivity contribution in [2.45, 2.75) is 45.7 Å². The number of fused-ring (bicyclic) bond motifs is 1. The number of hydrogen-bond acceptors (Lipinski definition) is 4. The lowest BCUT2D eigenvalue weighted by molar-refractivity contribution is 0.102. The van der Waals surface area contributed by atoms with E-state index in [1.165, 1.54) is 6.42 Å². The van der Waals surface area contributed by atoms with E-state index in [1.807, 2.05) is 35.5 Å². The number of aryl methyl sites for hydroxylation is 2. The van der Waals surface area contributed by atoms with E-state index >= 15 is 0 Å². The molecule has 0 saturated heterocycles. The molecule has 0 aromatic carbocycles. The number of anilines is 1. The van der Waals surface area contributed by atoms with Crippen LogP contribution in [0.2, 0.25) is 0 Å². The number of carbonyl (C=O) groups excluding carboxylic acids is 1. The zero-order chi connectivity index (χ0) is 16.7. The highest BCUT2D eigenvalue weighted by Crippen LogP contribution is 2.31. The Kier molecular flexibility index (Phi) is 3.55. The van der Waals surface area contributed by atoms with E-state index in [2.05, 4.69) is 20.5 Å². The van der Waals surface area contributed by atoms with Crippen LogP contribution in [-0.4, -0.2) is 30.5 Å². The largest absolute Gasteiger partial charge is 0.319 e. The van der Waals surface area contributed by atoms with Gasteiger partial charge in [0.1, 0.15) is 0 Å². The summed E-state index contributed by atoms with van der Waals surface area (Å²) in [5.74, 6) is -0.167. The second kappa shape index (κ2) is 5.74. The first-order valence-corrected chi connectivity index (χ1v) is 8.34. The van der Waals surface area contributed by atoms with E-state index in [-0.39, 0.29) is 5.91 Å². The maximum absolute atomic E-state index is 12.6. The van der Waals surface area contributed by atoms with Crippen LogP contribution in [0.1, 0.15) is 48.3 Å². The van der Waals surface area contributed by atoms with Gasteiger partial charge < -0.3 is 5.32 Å². The molecule has 0 atom stereocenters. The molecule has 1 amide bonds. The van der Waals surface area contributed by atoms with Crippen molar-refractivity contribution in [1.29, 1.82) is 0 Å². The summed E-state index contributed by atoms with van der Waals surface area (Å²) in [5.41, 5.74) is 2.79. The number of rotatable bonds is 4. The van der Waals surface area contributed by atoms with Gasteiger partial charge in [-0.2, -0.15) is 10.2 Å². The van der Waals surface area contributed by atoms with Crippen molar-refractivity contribution in [3.05, 3.63) is 35.9 Å². The van der Waals surface area contributed by atoms with Crippen molar-refractivity contribution in [3.63, 3.8) is 0 Å². The highest BCUT2D eigenvalue weighted by molar-refractivity contribution is 6.06. The number of amides is 1. The fourth-order valence-electron chi connectivity index (χ4n) is 3.01. The zero-order valence-electron chi connectivity index (χ0n) is 13.9. The second-order valence-corrected chi connectivity index (χ2v) is 6.24. The molecule has 0 aliphatic heterocycles. The number of carbonyl (C=O) groups is 1. The normalized spacial score (nSPS) is 14.8. The molecule has 0 spiro atoms. The molecule has 24 heavy (non-hydrogen) atoms. The lowest BCUT2D eigenvalue weighted by Crippen LogP contribution is -2.17. The molecule has 0 bridgehead atoms. The van der Waals surface area contributed by atoms with Gasteiger partial charge in [0.25, 0.3) is 5.91 Å². The quantitative estimate of drug-likeness (QED) is 0.800. The van der Waals surface area contributed by atoms with Crippen LogP contribution >= 0.6 is 0 Å². The van der Waals surface area contributed by atoms with Crippen LogP contribution in [0, 0.1) is 6.92 Å². The van der Waals surface area contributed by atoms with Gasteiger partial charge in [0.15, 0.2) is 5.65 Å². The fourth-order valence-corrected chi connectivity index (χ4v) is 3.01. The summed E-state index contributed by atoms with van der Waals surface area (Å²) in [7, 11) is 0. The molecule has 1 saturated carbocycles. The van der Waals surface area contributed by atoms with E-state index in [9.17, 15) is 4.79 Å². The molecular formula is C17H20N6O. The summed E-state index contributed by atoms with van der Waals surface area (Å²) in [6.07, 6.45) is 8.93. The Morgan fingerprint density at radius 1 is 1.33 bits per heavy atom. The minimum Gasteiger partial charge on any atom is -0.319 e. The van der Waals surface area contributed by atoms with Crippen molar-refractivity contribution in [3.8, 4) is 0 Å². The van der Waals surface area contributed by atoms with Crippen LogP contribution in [0.5, 0.6) is 0 Å². The topological polar surface area (TPSA) is 77.6 Å². The summed E-state index contributed by atoms with van der Waals surface area (Å²) >= 11 is 0. The standard InChI is InChI=1S/C17H20N6O/c1-3-22-16-12(8-18-22)7-15(11(2)20-16)17(24)21-13-9-19-23(10-13)14-5-4-6-14/h7-10,14H,3-6H2,1-2H3,(H,21,24). The third kappa shape index (κ3) is 2.46. The van der Waals surface area contributed by atoms with E-state index in [4.69, 9.17) is 0 Å². The van der Waals surface area contributed by atoms with Gasteiger partial charge in [-0.15, -0.1) is 0 Å². The average molecular weight is 324 g/mol. The Balaban J connectivity index is 1.58. The maximum Gasteiger partial charge on any atom is 0.257 e. The minimum absolute atomic E-state index is 0.167. The first-order valence-electron chi connectivity index (χ1n) is 8.34. The first kappa shape index (κ1) is 14.9. The van der Waals surface area contributed by atoms with E-state index in [1.54, 1.807) is 12.4 Å². The molecule has 0 radical (unpaired) electrons. The highest BCUT2D eigenvalue weighted by Gasteiger charge is 2.21. The molecule has 7 heteroatoms. The lowest BCUT2D eigenvalue weighted by atomic mass is 9.93. The van der Waals surface area contributed by atoms with Gasteiger partial charge >= 0.3 is 0 Å². The van der Waals surface area contributed by atoms with Crippen molar-refractivity contribution >= 4 is 22.6 Å². The van der Waals surface area contributed by atoms with Gasteiger partial charge in [-0.25, -0.2) is 9.67 Å². The molecule has 3 aromatic heterocycles. The number of hydrogen-bond donors (Lipinski definition) is 1. The average Bonchev–Trinajstić information content (AvgIpc) is 3.11. The molecule has 0 unspecified atom stereocenters. The van der Waals surface area contributed by atoms with Gasteiger partial charge in [-0.1, -0.05) is 0 Å². The van der Waals surface area contributed by atoms with Crippen LogP contribution in [0.25, 0.3) is 11.0 Å². The monoisotopic (exact) mass is 324 g/mol. The van der Waals surface area contributed by atoms with Gasteiger partial charge in [-0.3, -0.25) is 9.48 Å². The number of pyridine rings is 1. The number of nitrogens with one attached hydrogen (secondary N) is 1. The molecule has 1 fully saturated rings. The van der Waals surface area contributed by atoms with Gasteiger partial charge in [-0.05, 0) is 39.2 Å². The van der Waals surface area contributed by atoms with Crippen LogP contribution in [0.3, 0.4) is 0 Å². The van der Waals surface area contributed by atoms with E-state index in [0.29, 0.717) is 17.3 Å². The maximum atomic E-state index is 12.6. The zero-order valence-corrected chi connectivity index (χ0v) is 13.9. The van der Waals surface area contributed by atoms with Crippen LogP contribution in [0.4, 0.5) is 5.69 Å². The van der Waals surface area contributed by atoms with Crippen molar-refractivity contribution in [1.82, 2.24) is 24.5 Å². The predicted molar refractivity (Wildman–Crippen MR) is 91.0 cm³/mol. The van der Waals surface area contributed by atoms with E-state index in [0.717, 1.165) is 36.1 Å². The molecule has 3 aromatic rings. The predicted octanol–water partition coefficient (Wildman–Crippen LogP) is 2.93. The van der Waals surface area contributed by atoms with Crippen molar-refractivity contribution in [2.75, 3.05) is 5.32 Å². The number of nitrogens with zero attached hydrogens (tertiary/aromatic N) is 5. The van der Waals surface area contributed by atoms with Crippen molar-refractivity contribution < 1.29 is 4.79 Å². The second-order valence-electron chi connectivity index (χ2n) is 6.24. The van der Waals surface area contributed by atoms with Gasteiger partial charge in [0.05, 0.1) is 35.4 Å². The SMILES string of the molecule is CCn1ncc2cc(C(=O)Nc3cnn(C4CCC4)c3)c(C)nc21. The molecule has 1 aliphatic rings. The first-order chi connectivity index (χ1) is 11.7. The minimum atomic E-state index is -0.167. The molecule has 1 aliphatic carbocycles. The third-order valence-electron chi connectivity index (χ3n) is 4.65. The summed E-state index contributed by atoms with van der Waals surface area (Å²) < 4.78 is 3.77. The Labute approximate surface area is 139 Å². The molecule has 3 heterocycles. The van der Waals surface area contributed by atoms with Crippen LogP contribution in [0.15, 0.2) is 24.7 Å². The van der Waals surface area contributed by atoms with Crippen molar-refractivity contribution in [2.24, 2.45) is 0 Å². The summed E-state index contributed by atoms with van der Waals surface area (Å²) in [6, 6.07) is 2.33. The Morgan fingerprint density at radius 2 is 2.17 bits per heavy atom. The molecule has 4 rings (SSSR count).